The third kappa shape index (κ3) is 4.60. The summed E-state index contributed by atoms with van der Waals surface area (Å²) in [5.74, 6) is -0.541. The molecule has 0 aromatic heterocycles. The van der Waals surface area contributed by atoms with E-state index in [4.69, 9.17) is 10.5 Å². The van der Waals surface area contributed by atoms with Gasteiger partial charge in [0.05, 0.1) is 11.5 Å². The van der Waals surface area contributed by atoms with E-state index in [1.54, 1.807) is 6.92 Å². The van der Waals surface area contributed by atoms with Crippen molar-refractivity contribution in [2.24, 2.45) is 5.73 Å². The van der Waals surface area contributed by atoms with Gasteiger partial charge in [-0.25, -0.2) is 4.79 Å². The van der Waals surface area contributed by atoms with Crippen LogP contribution in [0.4, 0.5) is 11.4 Å². The van der Waals surface area contributed by atoms with Crippen molar-refractivity contribution in [2.75, 3.05) is 11.9 Å². The zero-order valence-electron chi connectivity index (χ0n) is 14.3. The van der Waals surface area contributed by atoms with E-state index in [0.717, 1.165) is 5.56 Å². The van der Waals surface area contributed by atoms with Gasteiger partial charge in [0.2, 0.25) is 0 Å². The number of hydrogen-bond donors (Lipinski definition) is 2. The Morgan fingerprint density at radius 1 is 1.27 bits per heavy atom. The van der Waals surface area contributed by atoms with Gasteiger partial charge in [-0.3, -0.25) is 10.1 Å². The molecule has 0 atom stereocenters. The third-order valence-electron chi connectivity index (χ3n) is 3.51. The normalized spacial score (nSPS) is 11.5. The lowest BCUT2D eigenvalue weighted by atomic mass is 10.1. The summed E-state index contributed by atoms with van der Waals surface area (Å²) in [6.07, 6.45) is 0. The minimum Gasteiger partial charge on any atom is -0.462 e. The number of nitro benzene ring substituents is 1. The van der Waals surface area contributed by atoms with E-state index in [1.807, 2.05) is 31.2 Å². The summed E-state index contributed by atoms with van der Waals surface area (Å²) in [4.78, 5) is 22.8. The van der Waals surface area contributed by atoms with Gasteiger partial charge in [-0.15, -0.1) is 0 Å². The first-order valence-corrected chi connectivity index (χ1v) is 8.57. The molecule has 0 aliphatic carbocycles. The van der Waals surface area contributed by atoms with E-state index in [-0.39, 0.29) is 23.7 Å². The van der Waals surface area contributed by atoms with Gasteiger partial charge in [-0.2, -0.15) is 0 Å². The number of non-ortho nitro benzene ring substituents is 1. The minimum atomic E-state index is -0.626. The Balaban J connectivity index is 2.50. The SMILES string of the molecule is CCOC(=O)/C(=C(/N)Nc1ccc(C)cc1)c1ccc([N+](=O)[O-])cc1Br. The van der Waals surface area contributed by atoms with Crippen LogP contribution in [0.25, 0.3) is 5.57 Å². The maximum atomic E-state index is 12.4. The fourth-order valence-corrected chi connectivity index (χ4v) is 2.81. The van der Waals surface area contributed by atoms with Crippen molar-refractivity contribution >= 4 is 38.8 Å². The molecular weight excluding hydrogens is 402 g/mol. The highest BCUT2D eigenvalue weighted by Gasteiger charge is 2.22. The Kier molecular flexibility index (Phi) is 6.35. The lowest BCUT2D eigenvalue weighted by molar-refractivity contribution is -0.384. The number of nitrogens with two attached hydrogens (primary N) is 1. The molecule has 2 aromatic carbocycles. The van der Waals surface area contributed by atoms with E-state index >= 15 is 0 Å². The highest BCUT2D eigenvalue weighted by atomic mass is 79.9. The molecule has 26 heavy (non-hydrogen) atoms. The zero-order valence-corrected chi connectivity index (χ0v) is 15.9. The Morgan fingerprint density at radius 2 is 1.92 bits per heavy atom. The summed E-state index contributed by atoms with van der Waals surface area (Å²) < 4.78 is 5.46. The molecule has 0 radical (unpaired) electrons. The number of nitrogens with one attached hydrogen (secondary N) is 1. The summed E-state index contributed by atoms with van der Waals surface area (Å²) in [6, 6.07) is 11.5. The van der Waals surface area contributed by atoms with Crippen molar-refractivity contribution in [2.45, 2.75) is 13.8 Å². The number of hydrogen-bond acceptors (Lipinski definition) is 6. The van der Waals surface area contributed by atoms with Gasteiger partial charge >= 0.3 is 5.97 Å². The quantitative estimate of drug-likeness (QED) is 0.317. The monoisotopic (exact) mass is 419 g/mol. The number of rotatable bonds is 6. The first-order chi connectivity index (χ1) is 12.3. The van der Waals surface area contributed by atoms with E-state index in [9.17, 15) is 14.9 Å². The number of nitrogens with zero attached hydrogens (tertiary/aromatic N) is 1. The molecule has 7 nitrogen and oxygen atoms in total. The van der Waals surface area contributed by atoms with Crippen LogP contribution >= 0.6 is 15.9 Å². The predicted octanol–water partition coefficient (Wildman–Crippen LogP) is 3.97. The Labute approximate surface area is 159 Å². The summed E-state index contributed by atoms with van der Waals surface area (Å²) in [5, 5.41) is 13.9. The van der Waals surface area contributed by atoms with Crippen LogP contribution in [0, 0.1) is 17.0 Å². The molecule has 0 aliphatic rings. The van der Waals surface area contributed by atoms with Crippen molar-refractivity contribution in [1.29, 1.82) is 0 Å². The van der Waals surface area contributed by atoms with Gasteiger partial charge in [0.1, 0.15) is 11.4 Å². The molecule has 0 aliphatic heterocycles. The maximum Gasteiger partial charge on any atom is 0.342 e. The number of carbonyl (C=O) groups is 1. The highest BCUT2D eigenvalue weighted by molar-refractivity contribution is 9.10. The number of ether oxygens (including phenoxy) is 1. The largest absolute Gasteiger partial charge is 0.462 e. The van der Waals surface area contributed by atoms with Crippen LogP contribution < -0.4 is 11.1 Å². The zero-order chi connectivity index (χ0) is 19.3. The number of anilines is 1. The van der Waals surface area contributed by atoms with Crippen LogP contribution in [-0.4, -0.2) is 17.5 Å². The second-order valence-corrected chi connectivity index (χ2v) is 6.28. The summed E-state index contributed by atoms with van der Waals surface area (Å²) in [6.45, 7) is 3.82. The van der Waals surface area contributed by atoms with Gasteiger partial charge in [0.15, 0.2) is 0 Å². The van der Waals surface area contributed by atoms with Crippen LogP contribution in [0.15, 0.2) is 52.8 Å². The van der Waals surface area contributed by atoms with Crippen LogP contribution in [0.2, 0.25) is 0 Å². The second-order valence-electron chi connectivity index (χ2n) is 5.42. The average Bonchev–Trinajstić information content (AvgIpc) is 2.58. The number of aryl methyl sites for hydroxylation is 1. The van der Waals surface area contributed by atoms with Crippen molar-refractivity contribution in [3.05, 3.63) is 74.0 Å². The molecule has 0 spiro atoms. The summed E-state index contributed by atoms with van der Waals surface area (Å²) >= 11 is 3.27. The summed E-state index contributed by atoms with van der Waals surface area (Å²) in [7, 11) is 0. The number of nitro groups is 1. The Morgan fingerprint density at radius 3 is 2.46 bits per heavy atom. The van der Waals surface area contributed by atoms with Crippen molar-refractivity contribution in [1.82, 2.24) is 0 Å². The Bertz CT molecular complexity index is 863. The van der Waals surface area contributed by atoms with E-state index in [1.165, 1.54) is 18.2 Å². The van der Waals surface area contributed by atoms with E-state index in [0.29, 0.717) is 15.7 Å². The number of halogens is 1. The molecule has 136 valence electrons. The van der Waals surface area contributed by atoms with Gasteiger partial charge < -0.3 is 15.8 Å². The molecule has 0 heterocycles. The molecular formula is C18H18BrN3O4. The van der Waals surface area contributed by atoms with Crippen LogP contribution in [0.3, 0.4) is 0 Å². The van der Waals surface area contributed by atoms with E-state index in [2.05, 4.69) is 21.2 Å². The van der Waals surface area contributed by atoms with Gasteiger partial charge in [0.25, 0.3) is 5.69 Å². The van der Waals surface area contributed by atoms with Gasteiger partial charge in [0, 0.05) is 27.9 Å². The molecule has 2 rings (SSSR count). The molecule has 0 saturated heterocycles. The number of carbonyl (C=O) groups excluding carboxylic acids is 1. The fraction of sp³-hybridized carbons (Fsp3) is 0.167. The molecule has 3 N–H and O–H groups in total. The van der Waals surface area contributed by atoms with Crippen molar-refractivity contribution in [3.8, 4) is 0 Å². The lowest BCUT2D eigenvalue weighted by Crippen LogP contribution is -2.19. The molecule has 8 heteroatoms. The minimum absolute atomic E-state index is 0.0851. The highest BCUT2D eigenvalue weighted by Crippen LogP contribution is 2.30. The smallest absolute Gasteiger partial charge is 0.342 e. The maximum absolute atomic E-state index is 12.4. The molecule has 2 aromatic rings. The van der Waals surface area contributed by atoms with Crippen molar-refractivity contribution in [3.63, 3.8) is 0 Å². The first-order valence-electron chi connectivity index (χ1n) is 7.78. The van der Waals surface area contributed by atoms with Crippen molar-refractivity contribution < 1.29 is 14.5 Å². The summed E-state index contributed by atoms with van der Waals surface area (Å²) in [5.41, 5.74) is 8.30. The average molecular weight is 420 g/mol. The molecule has 0 fully saturated rings. The second kappa shape index (κ2) is 8.48. The third-order valence-corrected chi connectivity index (χ3v) is 4.17. The van der Waals surface area contributed by atoms with Crippen LogP contribution in [-0.2, 0) is 9.53 Å². The predicted molar refractivity (Wildman–Crippen MR) is 103 cm³/mol. The molecule has 0 unspecified atom stereocenters. The van der Waals surface area contributed by atoms with Gasteiger partial charge in [-0.05, 0) is 48.0 Å². The standard InChI is InChI=1S/C18H18BrN3O4/c1-3-26-18(23)16(14-9-8-13(22(24)25)10-15(14)19)17(20)21-12-6-4-11(2)5-7-12/h4-10,21H,3,20H2,1-2H3/b17-16-. The topological polar surface area (TPSA) is 107 Å². The number of esters is 1. The Hall–Kier alpha value is -2.87. The van der Waals surface area contributed by atoms with Crippen LogP contribution in [0.5, 0.6) is 0 Å². The molecule has 0 saturated carbocycles. The molecule has 0 amide bonds. The van der Waals surface area contributed by atoms with Crippen LogP contribution in [0.1, 0.15) is 18.1 Å². The van der Waals surface area contributed by atoms with E-state index < -0.39 is 10.9 Å². The number of benzene rings is 2. The first kappa shape index (κ1) is 19.5. The molecule has 0 bridgehead atoms. The fourth-order valence-electron chi connectivity index (χ4n) is 2.24. The lowest BCUT2D eigenvalue weighted by Gasteiger charge is -2.14. The van der Waals surface area contributed by atoms with Gasteiger partial charge in [-0.1, -0.05) is 17.7 Å².